The van der Waals surface area contributed by atoms with Gasteiger partial charge in [-0.2, -0.15) is 0 Å². The van der Waals surface area contributed by atoms with Crippen molar-refractivity contribution in [2.45, 2.75) is 32.6 Å². The van der Waals surface area contributed by atoms with E-state index < -0.39 is 5.97 Å². The van der Waals surface area contributed by atoms with E-state index in [-0.39, 0.29) is 24.4 Å². The molecule has 0 spiro atoms. The van der Waals surface area contributed by atoms with Crippen LogP contribution in [0.4, 0.5) is 0 Å². The summed E-state index contributed by atoms with van der Waals surface area (Å²) in [5.74, 6) is -0.266. The Morgan fingerprint density at radius 2 is 1.38 bits per heavy atom. The highest BCUT2D eigenvalue weighted by Gasteiger charge is 2.14. The van der Waals surface area contributed by atoms with E-state index in [1.165, 1.54) is 12.7 Å². The van der Waals surface area contributed by atoms with Crippen LogP contribution in [0.1, 0.15) is 69.2 Å². The van der Waals surface area contributed by atoms with Crippen molar-refractivity contribution in [3.8, 4) is 0 Å². The van der Waals surface area contributed by atoms with Crippen molar-refractivity contribution in [2.75, 3.05) is 7.11 Å². The van der Waals surface area contributed by atoms with Gasteiger partial charge in [0.15, 0.2) is 11.6 Å². The summed E-state index contributed by atoms with van der Waals surface area (Å²) in [7, 11) is 1.31. The fourth-order valence-electron chi connectivity index (χ4n) is 3.40. The lowest BCUT2D eigenvalue weighted by Gasteiger charge is -2.11. The van der Waals surface area contributed by atoms with E-state index in [9.17, 15) is 14.4 Å². The van der Waals surface area contributed by atoms with Crippen LogP contribution in [-0.2, 0) is 4.74 Å². The van der Waals surface area contributed by atoms with Gasteiger partial charge in [0, 0.05) is 24.0 Å². The number of Topliss-reactive ketones (excluding diaryl/α,β-unsaturated/α-hetero) is 2. The van der Waals surface area contributed by atoms with Crippen molar-refractivity contribution >= 4 is 28.3 Å². The van der Waals surface area contributed by atoms with Crippen molar-refractivity contribution in [1.29, 1.82) is 0 Å². The monoisotopic (exact) mass is 388 g/mol. The Morgan fingerprint density at radius 3 is 2.00 bits per heavy atom. The Kier molecular flexibility index (Phi) is 6.23. The van der Waals surface area contributed by atoms with Crippen molar-refractivity contribution in [2.24, 2.45) is 0 Å². The Hall–Kier alpha value is -3.27. The first-order valence-electron chi connectivity index (χ1n) is 9.68. The van der Waals surface area contributed by atoms with Crippen LogP contribution in [0.15, 0.2) is 60.7 Å². The van der Waals surface area contributed by atoms with Crippen molar-refractivity contribution in [1.82, 2.24) is 0 Å². The van der Waals surface area contributed by atoms with Crippen LogP contribution in [0.25, 0.3) is 10.8 Å². The molecule has 0 fully saturated rings. The summed E-state index contributed by atoms with van der Waals surface area (Å²) in [6.45, 7) is 4.26. The molecule has 3 rings (SSSR count). The summed E-state index contributed by atoms with van der Waals surface area (Å²) in [4.78, 5) is 36.6. The molecule has 0 saturated heterocycles. The van der Waals surface area contributed by atoms with E-state index in [2.05, 4.69) is 24.7 Å². The summed E-state index contributed by atoms with van der Waals surface area (Å²) in [5, 5.41) is 2.19. The van der Waals surface area contributed by atoms with Gasteiger partial charge in [0.25, 0.3) is 0 Å². The molecule has 0 heterocycles. The molecule has 0 aliphatic heterocycles. The molecule has 0 amide bonds. The van der Waals surface area contributed by atoms with Crippen LogP contribution in [-0.4, -0.2) is 24.6 Å². The lowest BCUT2D eigenvalue weighted by Crippen LogP contribution is -2.06. The Labute approximate surface area is 170 Å². The molecule has 0 aromatic heterocycles. The second-order valence-corrected chi connectivity index (χ2v) is 7.35. The number of hydrogen-bond donors (Lipinski definition) is 0. The Morgan fingerprint density at radius 1 is 0.793 bits per heavy atom. The molecular weight excluding hydrogens is 364 g/mol. The third-order valence-corrected chi connectivity index (χ3v) is 5.07. The molecule has 0 aliphatic rings. The van der Waals surface area contributed by atoms with E-state index in [1.807, 2.05) is 30.3 Å². The van der Waals surface area contributed by atoms with Gasteiger partial charge in [0.05, 0.1) is 12.7 Å². The van der Waals surface area contributed by atoms with Gasteiger partial charge in [-0.1, -0.05) is 56.3 Å². The first-order chi connectivity index (χ1) is 13.9. The molecule has 0 N–H and O–H groups in total. The number of ether oxygens (including phenoxy) is 1. The number of ketones is 2. The van der Waals surface area contributed by atoms with Crippen LogP contribution in [0, 0.1) is 0 Å². The van der Waals surface area contributed by atoms with E-state index in [0.717, 1.165) is 10.8 Å². The van der Waals surface area contributed by atoms with Gasteiger partial charge in [0.2, 0.25) is 0 Å². The third kappa shape index (κ3) is 4.60. The summed E-state index contributed by atoms with van der Waals surface area (Å²) in [5.41, 5.74) is 2.70. The van der Waals surface area contributed by atoms with E-state index in [1.54, 1.807) is 24.3 Å². The minimum Gasteiger partial charge on any atom is -0.465 e. The topological polar surface area (TPSA) is 60.4 Å². The molecule has 0 bridgehead atoms. The zero-order valence-corrected chi connectivity index (χ0v) is 16.9. The van der Waals surface area contributed by atoms with Gasteiger partial charge in [-0.05, 0) is 40.5 Å². The minimum absolute atomic E-state index is 0.0509. The molecule has 4 heteroatoms. The average Bonchev–Trinajstić information content (AvgIpc) is 2.75. The number of hydrogen-bond acceptors (Lipinski definition) is 4. The molecule has 3 aromatic carbocycles. The molecular formula is C25H24O4. The number of esters is 1. The average molecular weight is 388 g/mol. The fourth-order valence-corrected chi connectivity index (χ4v) is 3.40. The molecule has 0 saturated carbocycles. The van der Waals surface area contributed by atoms with Gasteiger partial charge < -0.3 is 4.74 Å². The first kappa shape index (κ1) is 20.5. The van der Waals surface area contributed by atoms with Crippen LogP contribution < -0.4 is 0 Å². The standard InChI is InChI=1S/C25H24O4/c1-16(2)21-6-4-5-17-7-12-20(15-22(17)21)24(27)14-13-23(26)18-8-10-19(11-9-18)25(28)29-3/h4-12,15-16H,13-14H2,1-3H3. The van der Waals surface area contributed by atoms with Gasteiger partial charge >= 0.3 is 5.97 Å². The predicted octanol–water partition coefficient (Wildman–Crippen LogP) is 5.60. The second kappa shape index (κ2) is 8.82. The fraction of sp³-hybridized carbons (Fsp3) is 0.240. The Bertz CT molecular complexity index is 1060. The molecule has 29 heavy (non-hydrogen) atoms. The van der Waals surface area contributed by atoms with E-state index >= 15 is 0 Å². The van der Waals surface area contributed by atoms with E-state index in [0.29, 0.717) is 22.6 Å². The minimum atomic E-state index is -0.448. The SMILES string of the molecule is COC(=O)c1ccc(C(=O)CCC(=O)c2ccc3cccc(C(C)C)c3c2)cc1. The van der Waals surface area contributed by atoms with Crippen LogP contribution in [0.2, 0.25) is 0 Å². The highest BCUT2D eigenvalue weighted by atomic mass is 16.5. The van der Waals surface area contributed by atoms with Crippen molar-refractivity contribution in [3.05, 3.63) is 82.9 Å². The quantitative estimate of drug-likeness (QED) is 0.391. The highest BCUT2D eigenvalue weighted by molar-refractivity contribution is 6.04. The normalized spacial score (nSPS) is 10.9. The lowest BCUT2D eigenvalue weighted by atomic mass is 9.93. The zero-order chi connectivity index (χ0) is 21.0. The first-order valence-corrected chi connectivity index (χ1v) is 9.68. The van der Waals surface area contributed by atoms with Crippen LogP contribution in [0.5, 0.6) is 0 Å². The molecule has 3 aromatic rings. The number of fused-ring (bicyclic) bond motifs is 1. The maximum atomic E-state index is 12.7. The number of benzene rings is 3. The maximum absolute atomic E-state index is 12.7. The van der Waals surface area contributed by atoms with Crippen LogP contribution >= 0.6 is 0 Å². The molecule has 0 radical (unpaired) electrons. The van der Waals surface area contributed by atoms with E-state index in [4.69, 9.17) is 0 Å². The number of carbonyl (C=O) groups is 3. The summed E-state index contributed by atoms with van der Waals surface area (Å²) < 4.78 is 4.65. The lowest BCUT2D eigenvalue weighted by molar-refractivity contribution is 0.0600. The van der Waals surface area contributed by atoms with Gasteiger partial charge in [0.1, 0.15) is 0 Å². The van der Waals surface area contributed by atoms with Gasteiger partial charge in [-0.3, -0.25) is 9.59 Å². The van der Waals surface area contributed by atoms with Crippen molar-refractivity contribution in [3.63, 3.8) is 0 Å². The zero-order valence-electron chi connectivity index (χ0n) is 16.9. The third-order valence-electron chi connectivity index (χ3n) is 5.07. The second-order valence-electron chi connectivity index (χ2n) is 7.35. The molecule has 0 aliphatic carbocycles. The Balaban J connectivity index is 1.71. The predicted molar refractivity (Wildman–Crippen MR) is 114 cm³/mol. The summed E-state index contributed by atoms with van der Waals surface area (Å²) >= 11 is 0. The molecule has 4 nitrogen and oxygen atoms in total. The maximum Gasteiger partial charge on any atom is 0.337 e. The number of methoxy groups -OCH3 is 1. The number of carbonyl (C=O) groups excluding carboxylic acids is 3. The van der Waals surface area contributed by atoms with Crippen LogP contribution in [0.3, 0.4) is 0 Å². The summed E-state index contributed by atoms with van der Waals surface area (Å²) in [6.07, 6.45) is 0.271. The highest BCUT2D eigenvalue weighted by Crippen LogP contribution is 2.27. The van der Waals surface area contributed by atoms with Crippen molar-refractivity contribution < 1.29 is 19.1 Å². The largest absolute Gasteiger partial charge is 0.465 e. The molecule has 148 valence electrons. The molecule has 0 atom stereocenters. The smallest absolute Gasteiger partial charge is 0.337 e. The number of rotatable bonds is 7. The molecule has 0 unspecified atom stereocenters. The van der Waals surface area contributed by atoms with Gasteiger partial charge in [-0.15, -0.1) is 0 Å². The summed E-state index contributed by atoms with van der Waals surface area (Å²) in [6, 6.07) is 18.2. The van der Waals surface area contributed by atoms with Gasteiger partial charge in [-0.25, -0.2) is 4.79 Å².